The average Bonchev–Trinajstić information content (AvgIpc) is 1.64. The van der Waals surface area contributed by atoms with E-state index in [2.05, 4.69) is 4.98 Å². The molecule has 1 aromatic rings. The van der Waals surface area contributed by atoms with Crippen molar-refractivity contribution in [3.63, 3.8) is 0 Å². The van der Waals surface area contributed by atoms with Crippen molar-refractivity contribution in [3.8, 4) is 0 Å². The van der Waals surface area contributed by atoms with Gasteiger partial charge in [-0.25, -0.2) is 0 Å². The fourth-order valence-corrected chi connectivity index (χ4v) is 0.461. The minimum Gasteiger partial charge on any atom is -0.329 e. The molecule has 1 aromatic heterocycles. The van der Waals surface area contributed by atoms with Crippen molar-refractivity contribution in [2.24, 2.45) is 0 Å². The van der Waals surface area contributed by atoms with E-state index in [1.807, 2.05) is 0 Å². The van der Waals surface area contributed by atoms with E-state index in [4.69, 9.17) is 7.85 Å². The van der Waals surface area contributed by atoms with E-state index >= 15 is 0 Å². The molecule has 0 unspecified atom stereocenters. The number of hydrogen-bond donors (Lipinski definition) is 1. The predicted octanol–water partition coefficient (Wildman–Crippen LogP) is -0.831. The molecule has 0 amide bonds. The Kier molecular flexibility index (Phi) is 1.20. The van der Waals surface area contributed by atoms with Crippen molar-refractivity contribution < 1.29 is 0 Å². The molecule has 1 rings (SSSR count). The van der Waals surface area contributed by atoms with Crippen LogP contribution < -0.4 is 11.0 Å². The van der Waals surface area contributed by atoms with Crippen molar-refractivity contribution in [3.05, 3.63) is 28.7 Å². The van der Waals surface area contributed by atoms with E-state index in [9.17, 15) is 4.79 Å². The standard InChI is InChI=1S/C5H4BNO/c6-4-1-2-7-5(8)3-4/h1-3H,(H,7,8). The van der Waals surface area contributed by atoms with Crippen LogP contribution >= 0.6 is 0 Å². The van der Waals surface area contributed by atoms with Crippen molar-refractivity contribution in [2.75, 3.05) is 0 Å². The molecule has 0 aromatic carbocycles. The Bertz CT molecular complexity index is 230. The number of H-pyrrole nitrogens is 1. The quantitative estimate of drug-likeness (QED) is 0.429. The SMILES string of the molecule is [B]c1cc[nH]c(=O)c1. The Morgan fingerprint density at radius 2 is 2.38 bits per heavy atom. The minimum absolute atomic E-state index is 0.162. The maximum absolute atomic E-state index is 10.4. The van der Waals surface area contributed by atoms with Crippen LogP contribution in [-0.4, -0.2) is 12.8 Å². The molecule has 8 heavy (non-hydrogen) atoms. The number of aromatic amines is 1. The lowest BCUT2D eigenvalue weighted by molar-refractivity contribution is 1.25. The zero-order chi connectivity index (χ0) is 5.98. The molecule has 0 fully saturated rings. The van der Waals surface area contributed by atoms with Gasteiger partial charge in [-0.1, -0.05) is 11.5 Å². The van der Waals surface area contributed by atoms with Crippen LogP contribution in [0.15, 0.2) is 23.1 Å². The van der Waals surface area contributed by atoms with Crippen LogP contribution in [0.4, 0.5) is 0 Å². The van der Waals surface area contributed by atoms with Gasteiger partial charge < -0.3 is 4.98 Å². The highest BCUT2D eigenvalue weighted by atomic mass is 16.1. The summed E-state index contributed by atoms with van der Waals surface area (Å²) in [6.45, 7) is 0. The summed E-state index contributed by atoms with van der Waals surface area (Å²) in [7, 11) is 5.24. The monoisotopic (exact) mass is 105 g/mol. The van der Waals surface area contributed by atoms with E-state index in [1.54, 1.807) is 6.07 Å². The second-order valence-corrected chi connectivity index (χ2v) is 1.49. The second-order valence-electron chi connectivity index (χ2n) is 1.49. The molecule has 0 aliphatic carbocycles. The zero-order valence-corrected chi connectivity index (χ0v) is 4.22. The largest absolute Gasteiger partial charge is 0.329 e. The molecule has 3 heteroatoms. The van der Waals surface area contributed by atoms with Crippen LogP contribution in [-0.2, 0) is 0 Å². The summed E-state index contributed by atoms with van der Waals surface area (Å²) in [4.78, 5) is 12.8. The van der Waals surface area contributed by atoms with E-state index in [0.717, 1.165) is 0 Å². The maximum atomic E-state index is 10.4. The summed E-state index contributed by atoms with van der Waals surface area (Å²) in [6.07, 6.45) is 1.51. The maximum Gasteiger partial charge on any atom is 0.247 e. The molecule has 0 saturated carbocycles. The molecular weight excluding hydrogens is 101 g/mol. The first-order chi connectivity index (χ1) is 3.79. The van der Waals surface area contributed by atoms with Crippen LogP contribution in [0.2, 0.25) is 0 Å². The number of aromatic nitrogens is 1. The molecule has 0 saturated heterocycles. The number of rotatable bonds is 0. The number of nitrogens with one attached hydrogen (secondary N) is 1. The highest BCUT2D eigenvalue weighted by molar-refractivity contribution is 6.32. The first-order valence-electron chi connectivity index (χ1n) is 2.23. The molecule has 0 bridgehead atoms. The van der Waals surface area contributed by atoms with Crippen LogP contribution in [0, 0.1) is 0 Å². The Morgan fingerprint density at radius 1 is 1.62 bits per heavy atom. The average molecular weight is 105 g/mol. The Balaban J connectivity index is 3.28. The van der Waals surface area contributed by atoms with Crippen LogP contribution in [0.5, 0.6) is 0 Å². The van der Waals surface area contributed by atoms with Crippen molar-refractivity contribution in [1.29, 1.82) is 0 Å². The van der Waals surface area contributed by atoms with Gasteiger partial charge in [-0.2, -0.15) is 0 Å². The molecule has 0 spiro atoms. The lowest BCUT2D eigenvalue weighted by Crippen LogP contribution is -2.13. The van der Waals surface area contributed by atoms with Gasteiger partial charge in [-0.15, -0.1) is 0 Å². The predicted molar refractivity (Wildman–Crippen MR) is 32.5 cm³/mol. The summed E-state index contributed by atoms with van der Waals surface area (Å²) in [5, 5.41) is 0. The first kappa shape index (κ1) is 5.16. The Labute approximate surface area is 48.0 Å². The van der Waals surface area contributed by atoms with Crippen molar-refractivity contribution >= 4 is 13.3 Å². The van der Waals surface area contributed by atoms with E-state index in [-0.39, 0.29) is 5.56 Å². The van der Waals surface area contributed by atoms with E-state index in [1.165, 1.54) is 12.3 Å². The molecule has 1 heterocycles. The minimum atomic E-state index is -0.162. The molecule has 1 N–H and O–H groups in total. The number of pyridine rings is 1. The fourth-order valence-electron chi connectivity index (χ4n) is 0.461. The van der Waals surface area contributed by atoms with Crippen LogP contribution in [0.1, 0.15) is 0 Å². The van der Waals surface area contributed by atoms with Gasteiger partial charge in [0.1, 0.15) is 7.85 Å². The second kappa shape index (κ2) is 1.86. The first-order valence-corrected chi connectivity index (χ1v) is 2.23. The van der Waals surface area contributed by atoms with Crippen molar-refractivity contribution in [2.45, 2.75) is 0 Å². The van der Waals surface area contributed by atoms with Crippen molar-refractivity contribution in [1.82, 2.24) is 4.98 Å². The topological polar surface area (TPSA) is 32.9 Å². The fraction of sp³-hybridized carbons (Fsp3) is 0. The smallest absolute Gasteiger partial charge is 0.247 e. The van der Waals surface area contributed by atoms with Gasteiger partial charge in [0.15, 0.2) is 0 Å². The van der Waals surface area contributed by atoms with Gasteiger partial charge in [0, 0.05) is 6.20 Å². The van der Waals surface area contributed by atoms with Gasteiger partial charge in [-0.05, 0) is 6.07 Å². The Hall–Kier alpha value is -0.985. The molecule has 0 atom stereocenters. The van der Waals surface area contributed by atoms with Gasteiger partial charge in [0.25, 0.3) is 0 Å². The molecule has 38 valence electrons. The lowest BCUT2D eigenvalue weighted by Gasteiger charge is -1.84. The zero-order valence-electron chi connectivity index (χ0n) is 4.22. The van der Waals surface area contributed by atoms with Gasteiger partial charge in [-0.3, -0.25) is 4.79 Å². The van der Waals surface area contributed by atoms with E-state index < -0.39 is 0 Å². The summed E-state index contributed by atoms with van der Waals surface area (Å²) < 4.78 is 0. The molecule has 2 radical (unpaired) electrons. The third-order valence-corrected chi connectivity index (χ3v) is 0.799. The van der Waals surface area contributed by atoms with Gasteiger partial charge >= 0.3 is 0 Å². The molecular formula is C5H4BNO. The Morgan fingerprint density at radius 3 is 2.75 bits per heavy atom. The third-order valence-electron chi connectivity index (χ3n) is 0.799. The summed E-state index contributed by atoms with van der Waals surface area (Å²) in [6, 6.07) is 2.96. The van der Waals surface area contributed by atoms with E-state index in [0.29, 0.717) is 5.46 Å². The van der Waals surface area contributed by atoms with Crippen LogP contribution in [0.25, 0.3) is 0 Å². The highest BCUT2D eigenvalue weighted by Crippen LogP contribution is 1.62. The number of hydrogen-bond acceptors (Lipinski definition) is 1. The van der Waals surface area contributed by atoms with Crippen LogP contribution in [0.3, 0.4) is 0 Å². The molecule has 0 aliphatic rings. The normalized spacial score (nSPS) is 9.00. The molecule has 2 nitrogen and oxygen atoms in total. The molecule has 0 aliphatic heterocycles. The highest BCUT2D eigenvalue weighted by Gasteiger charge is 1.79. The lowest BCUT2D eigenvalue weighted by atomic mass is 9.98. The third kappa shape index (κ3) is 0.995. The summed E-state index contributed by atoms with van der Waals surface area (Å²) in [5.41, 5.74) is 0.332. The van der Waals surface area contributed by atoms with Gasteiger partial charge in [0.05, 0.1) is 0 Å². The summed E-state index contributed by atoms with van der Waals surface area (Å²) >= 11 is 0. The summed E-state index contributed by atoms with van der Waals surface area (Å²) in [5.74, 6) is 0. The van der Waals surface area contributed by atoms with Gasteiger partial charge in [0.2, 0.25) is 5.56 Å².